The predicted octanol–water partition coefficient (Wildman–Crippen LogP) is 4.00. The number of fused-ring (bicyclic) bond motifs is 3. The molecular formula is C25H38N4O3. The molecule has 2 N–H and O–H groups in total. The summed E-state index contributed by atoms with van der Waals surface area (Å²) in [7, 11) is 0. The van der Waals surface area contributed by atoms with E-state index in [9.17, 15) is 9.59 Å². The van der Waals surface area contributed by atoms with Crippen molar-refractivity contribution in [3.63, 3.8) is 0 Å². The molecule has 4 aliphatic heterocycles. The zero-order chi connectivity index (χ0) is 22.3. The zero-order valence-electron chi connectivity index (χ0n) is 19.4. The molecule has 7 nitrogen and oxygen atoms in total. The van der Waals surface area contributed by atoms with Gasteiger partial charge in [-0.1, -0.05) is 12.2 Å². The van der Waals surface area contributed by atoms with Gasteiger partial charge in [-0.3, -0.25) is 4.90 Å². The number of likely N-dealkylation sites (tertiary alicyclic amines) is 1. The molecule has 2 unspecified atom stereocenters. The maximum absolute atomic E-state index is 12.4. The number of nitrogens with two attached hydrogens (primary N) is 1. The van der Waals surface area contributed by atoms with Gasteiger partial charge in [0.25, 0.3) is 0 Å². The Morgan fingerprint density at radius 1 is 1.09 bits per heavy atom. The van der Waals surface area contributed by atoms with Crippen LogP contribution in [-0.4, -0.2) is 71.2 Å². The molecule has 0 radical (unpaired) electrons. The van der Waals surface area contributed by atoms with Crippen molar-refractivity contribution in [1.29, 1.82) is 0 Å². The molecule has 3 saturated heterocycles. The van der Waals surface area contributed by atoms with Crippen LogP contribution in [0.5, 0.6) is 0 Å². The first-order valence-corrected chi connectivity index (χ1v) is 12.7. The molecule has 1 spiro atoms. The van der Waals surface area contributed by atoms with Crippen LogP contribution in [0.3, 0.4) is 0 Å². The van der Waals surface area contributed by atoms with Gasteiger partial charge < -0.3 is 20.3 Å². The number of piperidine rings is 2. The number of allylic oxidation sites excluding steroid dienone is 4. The number of nitrogens with zero attached hydrogens (tertiary/aromatic N) is 3. The first-order chi connectivity index (χ1) is 15.5. The number of rotatable bonds is 2. The Balaban J connectivity index is 1.28. The Morgan fingerprint density at radius 2 is 1.81 bits per heavy atom. The maximum Gasteiger partial charge on any atom is 0.410 e. The normalized spacial score (nSPS) is 32.1. The monoisotopic (exact) mass is 442 g/mol. The number of amides is 3. The van der Waals surface area contributed by atoms with Gasteiger partial charge in [0.05, 0.1) is 6.61 Å². The molecule has 5 rings (SSSR count). The lowest BCUT2D eigenvalue weighted by atomic mass is 9.67. The van der Waals surface area contributed by atoms with Gasteiger partial charge in [-0.25, -0.2) is 9.59 Å². The second kappa shape index (κ2) is 8.73. The molecule has 1 aliphatic carbocycles. The van der Waals surface area contributed by atoms with E-state index >= 15 is 0 Å². The van der Waals surface area contributed by atoms with Crippen LogP contribution in [0.1, 0.15) is 71.1 Å². The van der Waals surface area contributed by atoms with E-state index in [4.69, 9.17) is 10.5 Å². The number of primary amides is 1. The number of hydrogen-bond acceptors (Lipinski definition) is 4. The minimum atomic E-state index is -0.300. The molecule has 3 fully saturated rings. The summed E-state index contributed by atoms with van der Waals surface area (Å²) in [5.41, 5.74) is 8.50. The van der Waals surface area contributed by atoms with Crippen molar-refractivity contribution in [2.24, 2.45) is 11.1 Å². The fraction of sp³-hybridized carbons (Fsp3) is 0.760. The number of hydrogen-bond donors (Lipinski definition) is 1. The van der Waals surface area contributed by atoms with Crippen molar-refractivity contribution in [2.45, 2.75) is 89.3 Å². The van der Waals surface area contributed by atoms with Gasteiger partial charge in [-0.2, -0.15) is 0 Å². The summed E-state index contributed by atoms with van der Waals surface area (Å²) in [6.07, 6.45) is 15.2. The summed E-state index contributed by atoms with van der Waals surface area (Å²) in [5.74, 6) is 0. The minimum absolute atomic E-state index is 0.114. The molecule has 0 aromatic heterocycles. The number of carbonyl (C=O) groups excluding carboxylic acids is 2. The van der Waals surface area contributed by atoms with Crippen molar-refractivity contribution in [3.05, 3.63) is 23.4 Å². The first-order valence-electron chi connectivity index (χ1n) is 12.7. The average molecular weight is 443 g/mol. The lowest BCUT2D eigenvalue weighted by Gasteiger charge is -2.49. The zero-order valence-corrected chi connectivity index (χ0v) is 19.4. The highest BCUT2D eigenvalue weighted by atomic mass is 16.6. The van der Waals surface area contributed by atoms with Crippen molar-refractivity contribution in [1.82, 2.24) is 14.7 Å². The predicted molar refractivity (Wildman–Crippen MR) is 123 cm³/mol. The third-order valence-corrected chi connectivity index (χ3v) is 8.80. The molecule has 3 amide bonds. The second-order valence-corrected chi connectivity index (χ2v) is 10.3. The van der Waals surface area contributed by atoms with Crippen LogP contribution in [0.15, 0.2) is 23.4 Å². The van der Waals surface area contributed by atoms with Crippen LogP contribution in [0.4, 0.5) is 9.59 Å². The molecule has 2 bridgehead atoms. The molecule has 0 aromatic carbocycles. The molecule has 2 atom stereocenters. The van der Waals surface area contributed by atoms with Gasteiger partial charge in [-0.15, -0.1) is 0 Å². The minimum Gasteiger partial charge on any atom is -0.450 e. The van der Waals surface area contributed by atoms with Crippen LogP contribution < -0.4 is 5.73 Å². The summed E-state index contributed by atoms with van der Waals surface area (Å²) < 4.78 is 5.33. The highest BCUT2D eigenvalue weighted by Crippen LogP contribution is 2.50. The van der Waals surface area contributed by atoms with E-state index < -0.39 is 0 Å². The molecule has 4 heterocycles. The van der Waals surface area contributed by atoms with Gasteiger partial charge in [-0.05, 0) is 95.2 Å². The van der Waals surface area contributed by atoms with Crippen molar-refractivity contribution in [2.75, 3.05) is 26.2 Å². The average Bonchev–Trinajstić information content (AvgIpc) is 2.97. The van der Waals surface area contributed by atoms with E-state index in [1.54, 1.807) is 0 Å². The third-order valence-electron chi connectivity index (χ3n) is 8.80. The Labute approximate surface area is 191 Å². The van der Waals surface area contributed by atoms with Gasteiger partial charge in [0.1, 0.15) is 0 Å². The summed E-state index contributed by atoms with van der Waals surface area (Å²) in [5, 5.41) is 0. The lowest BCUT2D eigenvalue weighted by Crippen LogP contribution is -2.55. The summed E-state index contributed by atoms with van der Waals surface area (Å²) in [6.45, 7) is 5.29. The first kappa shape index (κ1) is 21.8. The van der Waals surface area contributed by atoms with Crippen LogP contribution in [0.25, 0.3) is 0 Å². The summed E-state index contributed by atoms with van der Waals surface area (Å²) in [6, 6.07) is 0.947. The quantitative estimate of drug-likeness (QED) is 0.701. The van der Waals surface area contributed by atoms with E-state index in [2.05, 4.69) is 17.1 Å². The Kier molecular flexibility index (Phi) is 5.95. The highest BCUT2D eigenvalue weighted by Gasteiger charge is 2.48. The molecule has 176 valence electrons. The number of urea groups is 1. The van der Waals surface area contributed by atoms with Gasteiger partial charge >= 0.3 is 12.1 Å². The van der Waals surface area contributed by atoms with E-state index in [1.165, 1.54) is 11.3 Å². The van der Waals surface area contributed by atoms with Gasteiger partial charge in [0.15, 0.2) is 0 Å². The van der Waals surface area contributed by atoms with Crippen molar-refractivity contribution >= 4 is 12.1 Å². The molecule has 5 aliphatic rings. The van der Waals surface area contributed by atoms with Crippen molar-refractivity contribution in [3.8, 4) is 0 Å². The Bertz CT molecular complexity index is 800. The second-order valence-electron chi connectivity index (χ2n) is 10.3. The summed E-state index contributed by atoms with van der Waals surface area (Å²) in [4.78, 5) is 31.1. The highest BCUT2D eigenvalue weighted by molar-refractivity contribution is 5.75. The van der Waals surface area contributed by atoms with E-state index in [0.29, 0.717) is 24.7 Å². The maximum atomic E-state index is 12.4. The smallest absolute Gasteiger partial charge is 0.410 e. The van der Waals surface area contributed by atoms with Gasteiger partial charge in [0, 0.05) is 30.4 Å². The van der Waals surface area contributed by atoms with E-state index in [1.807, 2.05) is 16.7 Å². The number of ether oxygens (including phenoxy) is 1. The molecule has 32 heavy (non-hydrogen) atoms. The summed E-state index contributed by atoms with van der Waals surface area (Å²) >= 11 is 0. The molecular weight excluding hydrogens is 404 g/mol. The molecule has 7 heteroatoms. The van der Waals surface area contributed by atoms with Crippen LogP contribution in [-0.2, 0) is 4.74 Å². The Hall–Kier alpha value is -2.02. The molecule has 0 aromatic rings. The van der Waals surface area contributed by atoms with Crippen LogP contribution in [0, 0.1) is 5.41 Å². The molecule has 0 saturated carbocycles. The van der Waals surface area contributed by atoms with Crippen LogP contribution in [0.2, 0.25) is 0 Å². The van der Waals surface area contributed by atoms with E-state index in [0.717, 1.165) is 83.8 Å². The fourth-order valence-corrected chi connectivity index (χ4v) is 7.28. The fourth-order valence-electron chi connectivity index (χ4n) is 7.28. The van der Waals surface area contributed by atoms with Crippen molar-refractivity contribution < 1.29 is 14.3 Å². The van der Waals surface area contributed by atoms with E-state index in [-0.39, 0.29) is 17.5 Å². The standard InChI is InChI=1S/C25H38N4O3/c1-2-32-24(31)29-18-8-9-19(29)17-20(16-18)27-14-11-25(12-15-27)10-5-13-28(23(26)30)22-7-4-3-6-21(22)25/h3,6,18-20H,2,4-5,7-17H2,1H3,(H2,26,30). The van der Waals surface area contributed by atoms with Crippen LogP contribution >= 0.6 is 0 Å². The largest absolute Gasteiger partial charge is 0.450 e. The SMILES string of the molecule is CCOC(=O)N1C2CCC1CC(N1CCC3(CCCN(C(N)=O)C4=C3C=CCC4)CC1)C2. The Morgan fingerprint density at radius 3 is 2.47 bits per heavy atom. The topological polar surface area (TPSA) is 79.1 Å². The number of carbonyl (C=O) groups is 2. The third kappa shape index (κ3) is 3.72. The van der Waals surface area contributed by atoms with Gasteiger partial charge in [0.2, 0.25) is 0 Å². The lowest BCUT2D eigenvalue weighted by molar-refractivity contribution is 0.0208.